The molecule has 0 aliphatic heterocycles. The fourth-order valence-corrected chi connectivity index (χ4v) is 1.87. The Morgan fingerprint density at radius 2 is 1.95 bits per heavy atom. The lowest BCUT2D eigenvalue weighted by atomic mass is 10.0. The van der Waals surface area contributed by atoms with Crippen molar-refractivity contribution < 1.29 is 15.0 Å². The van der Waals surface area contributed by atoms with Crippen LogP contribution in [0.1, 0.15) is 25.0 Å². The molecular formula is C13H20N4O3. The van der Waals surface area contributed by atoms with Gasteiger partial charge >= 0.3 is 6.03 Å². The van der Waals surface area contributed by atoms with Gasteiger partial charge in [-0.2, -0.15) is 0 Å². The van der Waals surface area contributed by atoms with E-state index in [1.807, 2.05) is 13.8 Å². The van der Waals surface area contributed by atoms with Gasteiger partial charge in [-0.3, -0.25) is 10.7 Å². The fourth-order valence-electron chi connectivity index (χ4n) is 1.87. The molecule has 0 aromatic heterocycles. The number of guanidine groups is 1. The zero-order valence-electron chi connectivity index (χ0n) is 11.8. The lowest BCUT2D eigenvalue weighted by molar-refractivity contribution is 0.256. The molecule has 7 nitrogen and oxygen atoms in total. The van der Waals surface area contributed by atoms with Gasteiger partial charge in [-0.05, 0) is 24.5 Å². The monoisotopic (exact) mass is 280 g/mol. The number of carbonyl (C=O) groups is 1. The van der Waals surface area contributed by atoms with E-state index < -0.39 is 6.03 Å². The molecule has 0 fully saturated rings. The average Bonchev–Trinajstić information content (AvgIpc) is 2.42. The van der Waals surface area contributed by atoms with Gasteiger partial charge in [0.1, 0.15) is 0 Å². The van der Waals surface area contributed by atoms with Crippen LogP contribution < -0.4 is 16.0 Å². The molecule has 0 radical (unpaired) electrons. The predicted molar refractivity (Wildman–Crippen MR) is 77.5 cm³/mol. The second-order valence-corrected chi connectivity index (χ2v) is 4.17. The smallest absolute Gasteiger partial charge is 0.326 e. The van der Waals surface area contributed by atoms with Crippen molar-refractivity contribution in [3.05, 3.63) is 17.2 Å². The lowest BCUT2D eigenvalue weighted by Crippen LogP contribution is -2.40. The minimum absolute atomic E-state index is 0.137. The molecule has 0 bridgehead atoms. The number of phenols is 2. The number of phenolic OH excluding ortho intramolecular Hbond substituents is 2. The largest absolute Gasteiger partial charge is 0.504 e. The molecule has 6 N–H and O–H groups in total. The van der Waals surface area contributed by atoms with Crippen LogP contribution in [-0.4, -0.2) is 29.3 Å². The first kappa shape index (κ1) is 15.6. The molecule has 7 heteroatoms. The molecule has 2 amide bonds. The first-order valence-corrected chi connectivity index (χ1v) is 6.35. The summed E-state index contributed by atoms with van der Waals surface area (Å²) in [6, 6.07) is 0.840. The second kappa shape index (κ2) is 6.65. The van der Waals surface area contributed by atoms with Gasteiger partial charge in [-0.1, -0.05) is 13.8 Å². The van der Waals surface area contributed by atoms with Gasteiger partial charge in [0.25, 0.3) is 0 Å². The Kier molecular flexibility index (Phi) is 5.19. The maximum Gasteiger partial charge on any atom is 0.326 e. The summed E-state index contributed by atoms with van der Waals surface area (Å²) in [6.07, 6.45) is 1.03. The van der Waals surface area contributed by atoms with Crippen LogP contribution >= 0.6 is 0 Å². The molecule has 0 heterocycles. The van der Waals surface area contributed by atoms with E-state index in [2.05, 4.69) is 16.0 Å². The van der Waals surface area contributed by atoms with Gasteiger partial charge in [-0.15, -0.1) is 0 Å². The Morgan fingerprint density at radius 3 is 2.45 bits per heavy atom. The summed E-state index contributed by atoms with van der Waals surface area (Å²) >= 11 is 0. The molecule has 0 spiro atoms. The number of benzene rings is 1. The summed E-state index contributed by atoms with van der Waals surface area (Å²) < 4.78 is 0. The van der Waals surface area contributed by atoms with Crippen LogP contribution in [0.15, 0.2) is 6.07 Å². The fraction of sp³-hybridized carbons (Fsp3) is 0.385. The van der Waals surface area contributed by atoms with Gasteiger partial charge in [0, 0.05) is 12.6 Å². The standard InChI is InChI=1S/C13H20N4O3/c1-4-7-6-9(18)11(19)8(5-2)10(7)16-13(20)17-12(14)15-3/h6,18-19H,4-5H2,1-3H3,(H4,14,15,16,17,20). The predicted octanol–water partition coefficient (Wildman–Crippen LogP) is 1.50. The van der Waals surface area contributed by atoms with Crippen molar-refractivity contribution in [3.63, 3.8) is 0 Å². The van der Waals surface area contributed by atoms with E-state index in [1.54, 1.807) is 0 Å². The van der Waals surface area contributed by atoms with Crippen LogP contribution in [0.3, 0.4) is 0 Å². The number of hydrogen-bond donors (Lipinski definition) is 6. The normalized spacial score (nSPS) is 9.95. The van der Waals surface area contributed by atoms with Crippen molar-refractivity contribution in [1.82, 2.24) is 10.6 Å². The van der Waals surface area contributed by atoms with Crippen LogP contribution in [0.4, 0.5) is 10.5 Å². The molecule has 1 rings (SSSR count). The van der Waals surface area contributed by atoms with E-state index in [4.69, 9.17) is 5.41 Å². The van der Waals surface area contributed by atoms with Crippen LogP contribution in [0.5, 0.6) is 11.5 Å². The molecule has 1 aromatic carbocycles. The molecule has 0 unspecified atom stereocenters. The third kappa shape index (κ3) is 3.31. The van der Waals surface area contributed by atoms with Crippen molar-refractivity contribution in [3.8, 4) is 11.5 Å². The minimum Gasteiger partial charge on any atom is -0.504 e. The third-order valence-corrected chi connectivity index (χ3v) is 2.92. The quantitative estimate of drug-likeness (QED) is 0.218. The SMILES string of the molecule is CCc1cc(O)c(O)c(CC)c1NC(=O)NC(=N)NC. The highest BCUT2D eigenvalue weighted by molar-refractivity contribution is 6.02. The van der Waals surface area contributed by atoms with Gasteiger partial charge in [0.2, 0.25) is 0 Å². The van der Waals surface area contributed by atoms with Crippen molar-refractivity contribution in [1.29, 1.82) is 5.41 Å². The summed E-state index contributed by atoms with van der Waals surface area (Å²) in [5.74, 6) is -0.571. The number of aryl methyl sites for hydroxylation is 1. The molecule has 20 heavy (non-hydrogen) atoms. The molecule has 0 aliphatic carbocycles. The van der Waals surface area contributed by atoms with E-state index in [9.17, 15) is 15.0 Å². The summed E-state index contributed by atoms with van der Waals surface area (Å²) in [4.78, 5) is 11.8. The van der Waals surface area contributed by atoms with Gasteiger partial charge < -0.3 is 20.8 Å². The Hall–Kier alpha value is -2.44. The Balaban J connectivity index is 3.12. The summed E-state index contributed by atoms with van der Waals surface area (Å²) in [5.41, 5.74) is 1.64. The maximum atomic E-state index is 11.8. The van der Waals surface area contributed by atoms with Crippen molar-refractivity contribution in [2.24, 2.45) is 0 Å². The first-order chi connectivity index (χ1) is 9.44. The molecule has 0 aliphatic rings. The highest BCUT2D eigenvalue weighted by Gasteiger charge is 2.17. The summed E-state index contributed by atoms with van der Waals surface area (Å²) in [6.45, 7) is 3.69. The highest BCUT2D eigenvalue weighted by atomic mass is 16.3. The molecule has 110 valence electrons. The average molecular weight is 280 g/mol. The highest BCUT2D eigenvalue weighted by Crippen LogP contribution is 2.38. The Labute approximate surface area is 117 Å². The van der Waals surface area contributed by atoms with Crippen molar-refractivity contribution >= 4 is 17.7 Å². The number of amides is 2. The topological polar surface area (TPSA) is 117 Å². The number of aromatic hydroxyl groups is 2. The third-order valence-electron chi connectivity index (χ3n) is 2.92. The van der Waals surface area contributed by atoms with E-state index in [-0.39, 0.29) is 17.5 Å². The van der Waals surface area contributed by atoms with E-state index >= 15 is 0 Å². The summed E-state index contributed by atoms with van der Waals surface area (Å²) in [7, 11) is 1.52. The number of rotatable bonds is 3. The minimum atomic E-state index is -0.584. The zero-order valence-corrected chi connectivity index (χ0v) is 11.8. The zero-order chi connectivity index (χ0) is 15.3. The number of carbonyl (C=O) groups excluding carboxylic acids is 1. The molecule has 0 saturated carbocycles. The van der Waals surface area contributed by atoms with Crippen molar-refractivity contribution in [2.45, 2.75) is 26.7 Å². The molecule has 0 atom stereocenters. The van der Waals surface area contributed by atoms with E-state index in [1.165, 1.54) is 13.1 Å². The summed E-state index contributed by atoms with van der Waals surface area (Å²) in [5, 5.41) is 34.2. The van der Waals surface area contributed by atoms with Gasteiger partial charge in [0.05, 0.1) is 5.69 Å². The number of hydrogen-bond acceptors (Lipinski definition) is 4. The van der Waals surface area contributed by atoms with Gasteiger partial charge in [0.15, 0.2) is 17.5 Å². The maximum absolute atomic E-state index is 11.8. The van der Waals surface area contributed by atoms with Crippen LogP contribution in [-0.2, 0) is 12.8 Å². The van der Waals surface area contributed by atoms with Crippen LogP contribution in [0.25, 0.3) is 0 Å². The molecular weight excluding hydrogens is 260 g/mol. The first-order valence-electron chi connectivity index (χ1n) is 6.35. The van der Waals surface area contributed by atoms with Crippen LogP contribution in [0.2, 0.25) is 0 Å². The second-order valence-electron chi connectivity index (χ2n) is 4.17. The molecule has 0 saturated heterocycles. The Bertz CT molecular complexity index is 529. The number of anilines is 1. The Morgan fingerprint density at radius 1 is 1.30 bits per heavy atom. The van der Waals surface area contributed by atoms with E-state index in [0.717, 1.165) is 0 Å². The van der Waals surface area contributed by atoms with E-state index in [0.29, 0.717) is 29.7 Å². The van der Waals surface area contributed by atoms with Gasteiger partial charge in [-0.25, -0.2) is 4.79 Å². The number of urea groups is 1. The lowest BCUT2D eigenvalue weighted by Gasteiger charge is -2.17. The van der Waals surface area contributed by atoms with Crippen LogP contribution in [0, 0.1) is 5.41 Å². The van der Waals surface area contributed by atoms with Crippen molar-refractivity contribution in [2.75, 3.05) is 12.4 Å². The molecule has 1 aromatic rings. The number of nitrogens with one attached hydrogen (secondary N) is 4.